The standard InChI is InChI=1S/C28H31N5O5/c1-28(9-10-28)16-38-24-6-4-19(15-30-24)20-5-3-18(13-23(20)37-2)26(34)33-11-7-17(8-12-33)22-14-21(27(35)36)25(29)32-31-22/h3-6,13-15,17H,7-12,16H2,1-2H3,(H2,29,32)(H,35,36). The number of carbonyl (C=O) groups is 2. The number of aromatic nitrogens is 3. The number of hydrogen-bond acceptors (Lipinski definition) is 8. The van der Waals surface area contributed by atoms with Crippen molar-refractivity contribution < 1.29 is 24.2 Å². The summed E-state index contributed by atoms with van der Waals surface area (Å²) in [6.45, 7) is 3.93. The maximum Gasteiger partial charge on any atom is 0.339 e. The molecular formula is C28H31N5O5. The molecule has 0 unspecified atom stereocenters. The Morgan fingerprint density at radius 3 is 2.53 bits per heavy atom. The third kappa shape index (κ3) is 5.39. The average molecular weight is 518 g/mol. The van der Waals surface area contributed by atoms with Gasteiger partial charge in [0.2, 0.25) is 5.88 Å². The van der Waals surface area contributed by atoms with Crippen molar-refractivity contribution in [3.63, 3.8) is 0 Å². The van der Waals surface area contributed by atoms with Crippen molar-refractivity contribution in [2.24, 2.45) is 5.41 Å². The molecule has 0 bridgehead atoms. The van der Waals surface area contributed by atoms with Gasteiger partial charge in [0.05, 0.1) is 19.4 Å². The molecule has 0 spiro atoms. The summed E-state index contributed by atoms with van der Waals surface area (Å²) in [4.78, 5) is 30.9. The molecule has 2 aromatic heterocycles. The summed E-state index contributed by atoms with van der Waals surface area (Å²) in [6, 6.07) is 10.7. The summed E-state index contributed by atoms with van der Waals surface area (Å²) in [5.74, 6) is -0.127. The number of nitrogens with zero attached hydrogens (tertiary/aromatic N) is 4. The lowest BCUT2D eigenvalue weighted by Gasteiger charge is -2.31. The Bertz CT molecular complexity index is 1350. The van der Waals surface area contributed by atoms with E-state index in [1.165, 1.54) is 18.9 Å². The monoisotopic (exact) mass is 517 g/mol. The normalized spacial score (nSPS) is 16.6. The van der Waals surface area contributed by atoms with Crippen LogP contribution in [0.5, 0.6) is 11.6 Å². The van der Waals surface area contributed by atoms with Gasteiger partial charge < -0.3 is 25.2 Å². The Morgan fingerprint density at radius 1 is 1.13 bits per heavy atom. The molecule has 0 atom stereocenters. The Labute approximate surface area is 220 Å². The molecule has 2 fully saturated rings. The second kappa shape index (κ2) is 10.3. The number of aromatic carboxylic acids is 1. The molecule has 3 N–H and O–H groups in total. The maximum atomic E-state index is 13.3. The van der Waals surface area contributed by atoms with Gasteiger partial charge in [0.1, 0.15) is 11.3 Å². The van der Waals surface area contributed by atoms with E-state index in [0.29, 0.717) is 55.4 Å². The fourth-order valence-electron chi connectivity index (χ4n) is 4.64. The van der Waals surface area contributed by atoms with Crippen LogP contribution in [0.1, 0.15) is 64.9 Å². The predicted octanol–water partition coefficient (Wildman–Crippen LogP) is 4.03. The van der Waals surface area contributed by atoms with Crippen LogP contribution in [-0.4, -0.2) is 63.9 Å². The summed E-state index contributed by atoms with van der Waals surface area (Å²) in [5, 5.41) is 17.2. The molecule has 10 nitrogen and oxygen atoms in total. The quantitative estimate of drug-likeness (QED) is 0.453. The van der Waals surface area contributed by atoms with Crippen molar-refractivity contribution in [1.29, 1.82) is 0 Å². The van der Waals surface area contributed by atoms with Crippen LogP contribution >= 0.6 is 0 Å². The van der Waals surface area contributed by atoms with Gasteiger partial charge in [0.15, 0.2) is 5.82 Å². The Kier molecular flexibility index (Phi) is 6.88. The minimum Gasteiger partial charge on any atom is -0.496 e. The lowest BCUT2D eigenvalue weighted by molar-refractivity contribution is 0.0695. The zero-order chi connectivity index (χ0) is 26.9. The number of hydrogen-bond donors (Lipinski definition) is 2. The van der Waals surface area contributed by atoms with Gasteiger partial charge in [-0.05, 0) is 56.0 Å². The van der Waals surface area contributed by atoms with Crippen molar-refractivity contribution >= 4 is 17.7 Å². The smallest absolute Gasteiger partial charge is 0.339 e. The zero-order valence-corrected chi connectivity index (χ0v) is 21.5. The van der Waals surface area contributed by atoms with Crippen molar-refractivity contribution in [2.45, 2.75) is 38.5 Å². The number of rotatable bonds is 8. The number of nitrogens with two attached hydrogens (primary N) is 1. The molecule has 3 aromatic rings. The largest absolute Gasteiger partial charge is 0.496 e. The predicted molar refractivity (Wildman–Crippen MR) is 140 cm³/mol. The first kappa shape index (κ1) is 25.4. The number of carboxylic acids is 1. The summed E-state index contributed by atoms with van der Waals surface area (Å²) in [5.41, 5.74) is 8.70. The molecule has 3 heterocycles. The Hall–Kier alpha value is -4.21. The van der Waals surface area contributed by atoms with Gasteiger partial charge in [-0.2, -0.15) is 5.10 Å². The van der Waals surface area contributed by atoms with Crippen molar-refractivity contribution in [3.8, 4) is 22.8 Å². The van der Waals surface area contributed by atoms with Crippen molar-refractivity contribution in [1.82, 2.24) is 20.1 Å². The van der Waals surface area contributed by atoms with E-state index in [1.54, 1.807) is 30.3 Å². The van der Waals surface area contributed by atoms with Crippen LogP contribution in [-0.2, 0) is 0 Å². The number of likely N-dealkylation sites (tertiary alicyclic amines) is 1. The number of methoxy groups -OCH3 is 1. The fourth-order valence-corrected chi connectivity index (χ4v) is 4.64. The molecule has 1 amide bonds. The number of pyridine rings is 1. The molecule has 1 saturated heterocycles. The average Bonchev–Trinajstić information content (AvgIpc) is 3.69. The van der Waals surface area contributed by atoms with E-state index in [2.05, 4.69) is 22.1 Å². The second-order valence-electron chi connectivity index (χ2n) is 10.3. The number of carboxylic acid groups (broad SMARTS) is 1. The minimum atomic E-state index is -1.13. The van der Waals surface area contributed by atoms with Gasteiger partial charge in [0, 0.05) is 53.4 Å². The van der Waals surface area contributed by atoms with Crippen LogP contribution in [0, 0.1) is 5.41 Å². The second-order valence-corrected chi connectivity index (χ2v) is 10.3. The molecule has 5 rings (SSSR count). The summed E-state index contributed by atoms with van der Waals surface area (Å²) >= 11 is 0. The highest BCUT2D eigenvalue weighted by Gasteiger charge is 2.38. The lowest BCUT2D eigenvalue weighted by atomic mass is 9.92. The first-order chi connectivity index (χ1) is 18.3. The Balaban J connectivity index is 1.24. The van der Waals surface area contributed by atoms with Gasteiger partial charge in [0.25, 0.3) is 5.91 Å². The SMILES string of the molecule is COc1cc(C(=O)N2CCC(c3cc(C(=O)O)c(N)nn3)CC2)ccc1-c1ccc(OCC2(C)CC2)nc1. The van der Waals surface area contributed by atoms with Crippen LogP contribution in [0.2, 0.25) is 0 Å². The van der Waals surface area contributed by atoms with E-state index < -0.39 is 5.97 Å². The number of piperidine rings is 1. The lowest BCUT2D eigenvalue weighted by Crippen LogP contribution is -2.38. The summed E-state index contributed by atoms with van der Waals surface area (Å²) in [6.07, 6.45) is 5.44. The molecule has 2 aliphatic rings. The van der Waals surface area contributed by atoms with Gasteiger partial charge in [-0.1, -0.05) is 6.92 Å². The number of nitrogen functional groups attached to an aromatic ring is 1. The minimum absolute atomic E-state index is 0.00810. The van der Waals surface area contributed by atoms with Crippen LogP contribution in [0.15, 0.2) is 42.6 Å². The summed E-state index contributed by atoms with van der Waals surface area (Å²) in [7, 11) is 1.58. The van der Waals surface area contributed by atoms with Crippen LogP contribution in [0.25, 0.3) is 11.1 Å². The van der Waals surface area contributed by atoms with Crippen LogP contribution < -0.4 is 15.2 Å². The molecule has 10 heteroatoms. The molecule has 38 heavy (non-hydrogen) atoms. The molecule has 1 aromatic carbocycles. The van der Waals surface area contributed by atoms with E-state index >= 15 is 0 Å². The number of amides is 1. The summed E-state index contributed by atoms with van der Waals surface area (Å²) < 4.78 is 11.4. The topological polar surface area (TPSA) is 141 Å². The molecule has 1 aliphatic carbocycles. The number of ether oxygens (including phenoxy) is 2. The highest BCUT2D eigenvalue weighted by molar-refractivity contribution is 5.96. The van der Waals surface area contributed by atoms with E-state index in [4.69, 9.17) is 15.2 Å². The molecule has 1 aliphatic heterocycles. The number of carbonyl (C=O) groups excluding carboxylic acids is 1. The van der Waals surface area contributed by atoms with Crippen molar-refractivity contribution in [3.05, 3.63) is 59.4 Å². The molecular weight excluding hydrogens is 486 g/mol. The van der Waals surface area contributed by atoms with E-state index in [1.807, 2.05) is 18.2 Å². The fraction of sp³-hybridized carbons (Fsp3) is 0.393. The Morgan fingerprint density at radius 2 is 1.89 bits per heavy atom. The van der Waals surface area contributed by atoms with Crippen LogP contribution in [0.3, 0.4) is 0 Å². The first-order valence-electron chi connectivity index (χ1n) is 12.7. The van der Waals surface area contributed by atoms with Crippen LogP contribution in [0.4, 0.5) is 5.82 Å². The highest BCUT2D eigenvalue weighted by atomic mass is 16.5. The van der Waals surface area contributed by atoms with Gasteiger partial charge >= 0.3 is 5.97 Å². The van der Waals surface area contributed by atoms with Gasteiger partial charge in [-0.25, -0.2) is 9.78 Å². The first-order valence-corrected chi connectivity index (χ1v) is 12.7. The third-order valence-electron chi connectivity index (χ3n) is 7.44. The number of benzene rings is 1. The maximum absolute atomic E-state index is 13.3. The van der Waals surface area contributed by atoms with E-state index in [9.17, 15) is 14.7 Å². The van der Waals surface area contributed by atoms with Gasteiger partial charge in [-0.3, -0.25) is 4.79 Å². The molecule has 1 saturated carbocycles. The third-order valence-corrected chi connectivity index (χ3v) is 7.44. The molecule has 0 radical (unpaired) electrons. The highest BCUT2D eigenvalue weighted by Crippen LogP contribution is 2.45. The zero-order valence-electron chi connectivity index (χ0n) is 21.5. The number of anilines is 1. The van der Waals surface area contributed by atoms with Gasteiger partial charge in [-0.15, -0.1) is 5.10 Å². The van der Waals surface area contributed by atoms with E-state index in [0.717, 1.165) is 11.1 Å². The van der Waals surface area contributed by atoms with E-state index in [-0.39, 0.29) is 28.6 Å². The van der Waals surface area contributed by atoms with Crippen molar-refractivity contribution in [2.75, 3.05) is 32.5 Å². The molecule has 198 valence electrons.